The Morgan fingerprint density at radius 3 is 2.00 bits per heavy atom. The Labute approximate surface area is 56.9 Å². The fourth-order valence-corrected chi connectivity index (χ4v) is 0.824. The van der Waals surface area contributed by atoms with Gasteiger partial charge in [-0.25, -0.2) is 0 Å². The molecule has 0 fully saturated rings. The molecular weight excluding hydrogens is 137 g/mol. The van der Waals surface area contributed by atoms with Crippen LogP contribution in [0.5, 0.6) is 0 Å². The molecule has 54 valence electrons. The summed E-state index contributed by atoms with van der Waals surface area (Å²) < 4.78 is 17.3. The second kappa shape index (κ2) is 3.94. The Morgan fingerprint density at radius 2 is 1.89 bits per heavy atom. The first kappa shape index (κ1) is 9.02. The van der Waals surface area contributed by atoms with Gasteiger partial charge in [0.2, 0.25) is 0 Å². The van der Waals surface area contributed by atoms with Gasteiger partial charge >= 0.3 is 8.18 Å². The molecule has 0 aromatic heterocycles. The molecule has 0 bridgehead atoms. The standard InChI is InChI=1S/C5H13NO2P/c1-5(2)8-9(7)6(3)4/h5H,1-4H3/q+1. The molecule has 0 aromatic rings. The molecule has 0 aromatic carbocycles. The van der Waals surface area contributed by atoms with Crippen LogP contribution in [0.1, 0.15) is 13.8 Å². The average Bonchev–Trinajstić information content (AvgIpc) is 1.63. The molecule has 0 spiro atoms. The van der Waals surface area contributed by atoms with Crippen LogP contribution in [0.4, 0.5) is 0 Å². The summed E-state index contributed by atoms with van der Waals surface area (Å²) in [6.07, 6.45) is 0.0380. The van der Waals surface area contributed by atoms with Gasteiger partial charge in [0.05, 0.1) is 0 Å². The third kappa shape index (κ3) is 4.52. The Kier molecular flexibility index (Phi) is 3.95. The summed E-state index contributed by atoms with van der Waals surface area (Å²) in [5, 5.41) is 0. The monoisotopic (exact) mass is 150 g/mol. The number of hydrogen-bond donors (Lipinski definition) is 0. The van der Waals surface area contributed by atoms with Crippen LogP contribution < -0.4 is 0 Å². The largest absolute Gasteiger partial charge is 0.615 e. The molecule has 0 heterocycles. The highest BCUT2D eigenvalue weighted by Crippen LogP contribution is 2.25. The van der Waals surface area contributed by atoms with Crippen LogP contribution in [0.2, 0.25) is 0 Å². The van der Waals surface area contributed by atoms with E-state index in [1.54, 1.807) is 18.8 Å². The molecule has 1 unspecified atom stereocenters. The highest BCUT2D eigenvalue weighted by Gasteiger charge is 2.22. The summed E-state index contributed by atoms with van der Waals surface area (Å²) >= 11 is 0. The van der Waals surface area contributed by atoms with Gasteiger partial charge in [0, 0.05) is 14.1 Å². The van der Waals surface area contributed by atoms with Gasteiger partial charge < -0.3 is 0 Å². The van der Waals surface area contributed by atoms with E-state index in [1.165, 1.54) is 0 Å². The van der Waals surface area contributed by atoms with Crippen LogP contribution in [0.15, 0.2) is 0 Å². The van der Waals surface area contributed by atoms with Crippen molar-refractivity contribution in [2.75, 3.05) is 14.1 Å². The highest BCUT2D eigenvalue weighted by atomic mass is 31.1. The molecule has 1 atom stereocenters. The lowest BCUT2D eigenvalue weighted by molar-refractivity contribution is 0.236. The third-order valence-corrected chi connectivity index (χ3v) is 1.88. The molecule has 0 N–H and O–H groups in total. The molecule has 0 radical (unpaired) electrons. The summed E-state index contributed by atoms with van der Waals surface area (Å²) in [6.45, 7) is 3.72. The minimum Gasteiger partial charge on any atom is -0.127 e. The van der Waals surface area contributed by atoms with E-state index in [0.717, 1.165) is 0 Å². The van der Waals surface area contributed by atoms with Crippen molar-refractivity contribution >= 4 is 8.18 Å². The quantitative estimate of drug-likeness (QED) is 0.572. The van der Waals surface area contributed by atoms with Gasteiger partial charge in [-0.15, -0.1) is 4.52 Å². The van der Waals surface area contributed by atoms with Gasteiger partial charge in [0.15, 0.2) is 0 Å². The summed E-state index contributed by atoms with van der Waals surface area (Å²) in [6, 6.07) is 0. The second-order valence-electron chi connectivity index (χ2n) is 2.24. The zero-order valence-electron chi connectivity index (χ0n) is 6.29. The van der Waals surface area contributed by atoms with E-state index in [2.05, 4.69) is 0 Å². The fourth-order valence-electron chi connectivity index (χ4n) is 0.275. The van der Waals surface area contributed by atoms with Crippen LogP contribution >= 0.6 is 8.18 Å². The van der Waals surface area contributed by atoms with Crippen molar-refractivity contribution in [1.29, 1.82) is 0 Å². The predicted octanol–water partition coefficient (Wildman–Crippen LogP) is 1.63. The highest BCUT2D eigenvalue weighted by molar-refractivity contribution is 7.36. The molecule has 0 saturated carbocycles. The fraction of sp³-hybridized carbons (Fsp3) is 1.00. The van der Waals surface area contributed by atoms with E-state index in [1.807, 2.05) is 13.8 Å². The van der Waals surface area contributed by atoms with E-state index < -0.39 is 8.18 Å². The van der Waals surface area contributed by atoms with Gasteiger partial charge in [-0.2, -0.15) is 0 Å². The van der Waals surface area contributed by atoms with Crippen molar-refractivity contribution < 1.29 is 9.09 Å². The summed E-state index contributed by atoms with van der Waals surface area (Å²) in [5.41, 5.74) is 0. The lowest BCUT2D eigenvalue weighted by Gasteiger charge is -1.95. The van der Waals surface area contributed by atoms with E-state index in [9.17, 15) is 4.57 Å². The first-order valence-electron chi connectivity index (χ1n) is 2.85. The Morgan fingerprint density at radius 1 is 1.44 bits per heavy atom. The Bertz CT molecular complexity index is 103. The van der Waals surface area contributed by atoms with Crippen LogP contribution in [-0.4, -0.2) is 24.9 Å². The van der Waals surface area contributed by atoms with Crippen LogP contribution in [0.25, 0.3) is 0 Å². The van der Waals surface area contributed by atoms with E-state index in [4.69, 9.17) is 4.52 Å². The van der Waals surface area contributed by atoms with Gasteiger partial charge in [-0.3, -0.25) is 0 Å². The average molecular weight is 150 g/mol. The molecule has 0 aliphatic carbocycles. The van der Waals surface area contributed by atoms with Crippen molar-refractivity contribution in [3.05, 3.63) is 0 Å². The second-order valence-corrected chi connectivity index (χ2v) is 3.73. The van der Waals surface area contributed by atoms with Gasteiger partial charge in [0.25, 0.3) is 0 Å². The maximum atomic E-state index is 10.8. The van der Waals surface area contributed by atoms with Crippen molar-refractivity contribution in [3.63, 3.8) is 0 Å². The molecule has 9 heavy (non-hydrogen) atoms. The third-order valence-electron chi connectivity index (χ3n) is 0.628. The number of rotatable bonds is 3. The Balaban J connectivity index is 3.51. The first-order valence-corrected chi connectivity index (χ1v) is 3.98. The minimum atomic E-state index is -1.60. The summed E-state index contributed by atoms with van der Waals surface area (Å²) in [5.74, 6) is 0. The van der Waals surface area contributed by atoms with Crippen LogP contribution in [0.3, 0.4) is 0 Å². The lowest BCUT2D eigenvalue weighted by Crippen LogP contribution is -2.05. The van der Waals surface area contributed by atoms with Crippen LogP contribution in [0, 0.1) is 0 Å². The van der Waals surface area contributed by atoms with Crippen LogP contribution in [-0.2, 0) is 9.09 Å². The van der Waals surface area contributed by atoms with Crippen molar-refractivity contribution in [3.8, 4) is 0 Å². The zero-order chi connectivity index (χ0) is 7.44. The maximum absolute atomic E-state index is 10.8. The minimum absolute atomic E-state index is 0.0380. The van der Waals surface area contributed by atoms with E-state index >= 15 is 0 Å². The molecule has 4 heteroatoms. The molecular formula is C5H13NO2P+. The molecule has 0 aliphatic rings. The van der Waals surface area contributed by atoms with E-state index in [-0.39, 0.29) is 6.10 Å². The number of hydrogen-bond acceptors (Lipinski definition) is 2. The zero-order valence-corrected chi connectivity index (χ0v) is 7.18. The molecule has 0 saturated heterocycles. The van der Waals surface area contributed by atoms with Gasteiger partial charge in [0.1, 0.15) is 6.10 Å². The maximum Gasteiger partial charge on any atom is 0.615 e. The Hall–Kier alpha value is 0.0200. The smallest absolute Gasteiger partial charge is 0.127 e. The first-order chi connectivity index (χ1) is 4.04. The van der Waals surface area contributed by atoms with E-state index in [0.29, 0.717) is 0 Å². The summed E-state index contributed by atoms with van der Waals surface area (Å²) in [7, 11) is 1.85. The van der Waals surface area contributed by atoms with Crippen molar-refractivity contribution in [1.82, 2.24) is 4.67 Å². The molecule has 0 rings (SSSR count). The normalized spacial score (nSPS) is 12.9. The molecule has 0 aliphatic heterocycles. The van der Waals surface area contributed by atoms with Gasteiger partial charge in [-0.05, 0) is 18.4 Å². The number of nitrogens with zero attached hydrogens (tertiary/aromatic N) is 1. The topological polar surface area (TPSA) is 29.5 Å². The predicted molar refractivity (Wildman–Crippen MR) is 37.5 cm³/mol. The SMILES string of the molecule is CC(C)O[P+](=O)N(C)C. The van der Waals surface area contributed by atoms with Crippen molar-refractivity contribution in [2.45, 2.75) is 20.0 Å². The lowest BCUT2D eigenvalue weighted by atomic mass is 10.5. The van der Waals surface area contributed by atoms with Crippen molar-refractivity contribution in [2.24, 2.45) is 0 Å². The molecule has 0 amide bonds. The molecule has 3 nitrogen and oxygen atoms in total. The summed E-state index contributed by atoms with van der Waals surface area (Å²) in [4.78, 5) is 0. The van der Waals surface area contributed by atoms with Gasteiger partial charge in [-0.1, -0.05) is 4.67 Å².